The van der Waals surface area contributed by atoms with Gasteiger partial charge in [-0.15, -0.1) is 11.8 Å². The predicted octanol–water partition coefficient (Wildman–Crippen LogP) is 5.43. The fourth-order valence-electron chi connectivity index (χ4n) is 0.850. The molecule has 0 N–H and O–H groups in total. The van der Waals surface area contributed by atoms with Crippen LogP contribution in [0.15, 0.2) is 0 Å². The third kappa shape index (κ3) is 3.34. The zero-order valence-electron chi connectivity index (χ0n) is 9.18. The van der Waals surface area contributed by atoms with Gasteiger partial charge in [0, 0.05) is 0 Å². The van der Waals surface area contributed by atoms with Crippen LogP contribution >= 0.6 is 35.0 Å². The van der Waals surface area contributed by atoms with Crippen LogP contribution in [0.5, 0.6) is 0 Å². The highest BCUT2D eigenvalue weighted by Gasteiger charge is 2.81. The van der Waals surface area contributed by atoms with E-state index in [0.717, 1.165) is 0 Å². The van der Waals surface area contributed by atoms with E-state index in [2.05, 4.69) is 0 Å². The molecular weight excluding hydrogens is 351 g/mol. The molecule has 0 aromatic rings. The van der Waals surface area contributed by atoms with Crippen molar-refractivity contribution >= 4 is 35.0 Å². The minimum atomic E-state index is -6.40. The Bertz CT molecular complexity index is 307. The van der Waals surface area contributed by atoms with E-state index in [4.69, 9.17) is 23.2 Å². The van der Waals surface area contributed by atoms with E-state index in [1.165, 1.54) is 6.92 Å². The van der Waals surface area contributed by atoms with Gasteiger partial charge < -0.3 is 0 Å². The van der Waals surface area contributed by atoms with Crippen LogP contribution in [0.1, 0.15) is 13.3 Å². The Labute approximate surface area is 117 Å². The SMILES string of the molecule is CCCSC(Cl)(Cl)C(F)(F)C(F)(F)C(F)(F)C(F)F. The quantitative estimate of drug-likeness (QED) is 0.431. The molecule has 0 heterocycles. The van der Waals surface area contributed by atoms with E-state index < -0.39 is 27.9 Å². The van der Waals surface area contributed by atoms with Crippen LogP contribution in [-0.2, 0) is 0 Å². The maximum atomic E-state index is 13.3. The monoisotopic (exact) mass is 358 g/mol. The molecule has 0 saturated heterocycles. The van der Waals surface area contributed by atoms with Gasteiger partial charge in [-0.3, -0.25) is 0 Å². The fourth-order valence-corrected chi connectivity index (χ4v) is 2.32. The van der Waals surface area contributed by atoms with Crippen molar-refractivity contribution < 1.29 is 35.1 Å². The summed E-state index contributed by atoms with van der Waals surface area (Å²) in [6, 6.07) is 0. The zero-order valence-corrected chi connectivity index (χ0v) is 11.5. The molecule has 0 aliphatic rings. The van der Waals surface area contributed by atoms with Gasteiger partial charge in [-0.2, -0.15) is 26.3 Å². The largest absolute Gasteiger partial charge is 0.381 e. The van der Waals surface area contributed by atoms with Gasteiger partial charge in [0.2, 0.25) is 3.67 Å². The molecule has 0 spiro atoms. The smallest absolute Gasteiger partial charge is 0.203 e. The molecular formula is C8H8Cl2F8S. The van der Waals surface area contributed by atoms with Gasteiger partial charge in [-0.25, -0.2) is 8.78 Å². The van der Waals surface area contributed by atoms with Crippen molar-refractivity contribution in [1.82, 2.24) is 0 Å². The summed E-state index contributed by atoms with van der Waals surface area (Å²) in [5.41, 5.74) is 0. The molecule has 19 heavy (non-hydrogen) atoms. The van der Waals surface area contributed by atoms with Crippen molar-refractivity contribution in [2.24, 2.45) is 0 Å². The topological polar surface area (TPSA) is 0 Å². The van der Waals surface area contributed by atoms with Gasteiger partial charge in [0.05, 0.1) is 0 Å². The first-order chi connectivity index (χ1) is 8.25. The number of hydrogen-bond acceptors (Lipinski definition) is 1. The maximum Gasteiger partial charge on any atom is 0.381 e. The lowest BCUT2D eigenvalue weighted by Gasteiger charge is -2.37. The molecule has 0 radical (unpaired) electrons. The van der Waals surface area contributed by atoms with Gasteiger partial charge in [0.1, 0.15) is 0 Å². The minimum absolute atomic E-state index is 0.137. The highest BCUT2D eigenvalue weighted by Crippen LogP contribution is 2.59. The fraction of sp³-hybridized carbons (Fsp3) is 1.00. The van der Waals surface area contributed by atoms with Crippen LogP contribution < -0.4 is 0 Å². The molecule has 0 fully saturated rings. The van der Waals surface area contributed by atoms with Crippen LogP contribution in [0.25, 0.3) is 0 Å². The van der Waals surface area contributed by atoms with Crippen molar-refractivity contribution in [1.29, 1.82) is 0 Å². The van der Waals surface area contributed by atoms with E-state index in [-0.39, 0.29) is 23.9 Å². The molecule has 11 heteroatoms. The molecule has 0 aromatic carbocycles. The Morgan fingerprint density at radius 1 is 0.947 bits per heavy atom. The molecule has 0 saturated carbocycles. The zero-order chi connectivity index (χ0) is 15.7. The van der Waals surface area contributed by atoms with E-state index >= 15 is 0 Å². The van der Waals surface area contributed by atoms with Crippen molar-refractivity contribution in [2.75, 3.05) is 5.75 Å². The van der Waals surface area contributed by atoms with Gasteiger partial charge in [0.25, 0.3) is 0 Å². The molecule has 0 aromatic heterocycles. The number of halogens is 10. The lowest BCUT2D eigenvalue weighted by Crippen LogP contribution is -2.62. The maximum absolute atomic E-state index is 13.3. The second-order valence-corrected chi connectivity index (χ2v) is 6.52. The molecule has 0 amide bonds. The Hall–Kier alpha value is 0.370. The summed E-state index contributed by atoms with van der Waals surface area (Å²) in [5.74, 6) is -18.7. The summed E-state index contributed by atoms with van der Waals surface area (Å²) >= 11 is 9.71. The van der Waals surface area contributed by atoms with Crippen molar-refractivity contribution in [3.63, 3.8) is 0 Å². The van der Waals surface area contributed by atoms with Crippen LogP contribution in [0, 0.1) is 0 Å². The first-order valence-corrected chi connectivity index (χ1v) is 6.43. The van der Waals surface area contributed by atoms with E-state index in [1.807, 2.05) is 0 Å². The van der Waals surface area contributed by atoms with Crippen LogP contribution in [0.4, 0.5) is 35.1 Å². The Morgan fingerprint density at radius 3 is 1.68 bits per heavy atom. The molecule has 0 bridgehead atoms. The second kappa shape index (κ2) is 6.01. The highest BCUT2D eigenvalue weighted by molar-refractivity contribution is 8.03. The van der Waals surface area contributed by atoms with Crippen molar-refractivity contribution in [2.45, 2.75) is 41.2 Å². The van der Waals surface area contributed by atoms with Crippen LogP contribution in [0.3, 0.4) is 0 Å². The first-order valence-electron chi connectivity index (χ1n) is 4.69. The first kappa shape index (κ1) is 19.4. The van der Waals surface area contributed by atoms with Crippen molar-refractivity contribution in [3.8, 4) is 0 Å². The second-order valence-electron chi connectivity index (χ2n) is 3.44. The summed E-state index contributed by atoms with van der Waals surface area (Å²) in [6.45, 7) is 1.46. The average Bonchev–Trinajstić information content (AvgIpc) is 2.25. The number of thioether (sulfide) groups is 1. The number of rotatable bonds is 7. The standard InChI is InChI=1S/C8H8Cl2F8S/c1-2-3-19-8(9,10)7(17,18)6(15,16)5(13,14)4(11)12/h4H,2-3H2,1H3. The Balaban J connectivity index is 5.49. The molecule has 0 rings (SSSR count). The summed E-state index contributed by atoms with van der Waals surface area (Å²) in [7, 11) is 0. The third-order valence-corrected chi connectivity index (χ3v) is 4.30. The van der Waals surface area contributed by atoms with E-state index in [9.17, 15) is 35.1 Å². The molecule has 0 nitrogen and oxygen atoms in total. The molecule has 116 valence electrons. The average molecular weight is 359 g/mol. The Kier molecular flexibility index (Phi) is 6.13. The summed E-state index contributed by atoms with van der Waals surface area (Å²) in [5, 5.41) is 0. The van der Waals surface area contributed by atoms with E-state index in [0.29, 0.717) is 0 Å². The summed E-state index contributed by atoms with van der Waals surface area (Å²) < 4.78 is 97.7. The van der Waals surface area contributed by atoms with Crippen LogP contribution in [-0.4, -0.2) is 33.6 Å². The Morgan fingerprint density at radius 2 is 1.37 bits per heavy atom. The van der Waals surface area contributed by atoms with Gasteiger partial charge in [0.15, 0.2) is 0 Å². The summed E-state index contributed by atoms with van der Waals surface area (Å²) in [6.07, 6.45) is -4.81. The lowest BCUT2D eigenvalue weighted by atomic mass is 10.1. The molecule has 0 aliphatic heterocycles. The minimum Gasteiger partial charge on any atom is -0.203 e. The molecule has 0 unspecified atom stereocenters. The normalized spacial score (nSPS) is 15.2. The van der Waals surface area contributed by atoms with Gasteiger partial charge in [-0.1, -0.05) is 30.1 Å². The van der Waals surface area contributed by atoms with Crippen molar-refractivity contribution in [3.05, 3.63) is 0 Å². The lowest BCUT2D eigenvalue weighted by molar-refractivity contribution is -0.336. The molecule has 0 atom stereocenters. The third-order valence-electron chi connectivity index (χ3n) is 1.94. The molecule has 0 aliphatic carbocycles. The van der Waals surface area contributed by atoms with Gasteiger partial charge >= 0.3 is 24.2 Å². The van der Waals surface area contributed by atoms with E-state index in [1.54, 1.807) is 0 Å². The highest BCUT2D eigenvalue weighted by atomic mass is 35.5. The van der Waals surface area contributed by atoms with Crippen LogP contribution in [0.2, 0.25) is 0 Å². The van der Waals surface area contributed by atoms with Gasteiger partial charge in [-0.05, 0) is 12.2 Å². The number of alkyl halides is 10. The predicted molar refractivity (Wildman–Crippen MR) is 58.0 cm³/mol. The number of hydrogen-bond donors (Lipinski definition) is 0. The summed E-state index contributed by atoms with van der Waals surface area (Å²) in [4.78, 5) is 0.